The first-order valence-corrected chi connectivity index (χ1v) is 11.7. The van der Waals surface area contributed by atoms with Gasteiger partial charge in [-0.15, -0.1) is 0 Å². The topological polar surface area (TPSA) is 104 Å². The van der Waals surface area contributed by atoms with E-state index in [1.54, 1.807) is 0 Å². The number of aromatic hydroxyl groups is 1. The molecular formula is C18H24F3N5O2Si. The molecule has 7 nitrogen and oxygen atoms in total. The van der Waals surface area contributed by atoms with Gasteiger partial charge in [0, 0.05) is 12.4 Å². The maximum absolute atomic E-state index is 13.2. The van der Waals surface area contributed by atoms with E-state index in [0.29, 0.717) is 0 Å². The van der Waals surface area contributed by atoms with Gasteiger partial charge in [0.15, 0.2) is 19.8 Å². The molecule has 0 fully saturated rings. The van der Waals surface area contributed by atoms with Gasteiger partial charge < -0.3 is 20.3 Å². The van der Waals surface area contributed by atoms with E-state index in [2.05, 4.69) is 41.0 Å². The van der Waals surface area contributed by atoms with Gasteiger partial charge in [-0.25, -0.2) is 15.0 Å². The third kappa shape index (κ3) is 5.29. The van der Waals surface area contributed by atoms with E-state index in [4.69, 9.17) is 9.84 Å². The summed E-state index contributed by atoms with van der Waals surface area (Å²) in [5.74, 6) is -0.542. The Hall–Kier alpha value is -2.53. The number of nitrogens with one attached hydrogen (secondary N) is 2. The van der Waals surface area contributed by atoms with Crippen LogP contribution in [0.5, 0.6) is 5.88 Å². The van der Waals surface area contributed by atoms with Crippen molar-refractivity contribution >= 4 is 26.0 Å². The summed E-state index contributed by atoms with van der Waals surface area (Å²) in [6.07, 6.45) is -2.85. The first-order chi connectivity index (χ1) is 13.3. The summed E-state index contributed by atoms with van der Waals surface area (Å²) in [6, 6.07) is 2.54. The maximum atomic E-state index is 13.2. The smallest absolute Gasteiger partial charge is 0.435 e. The quantitative estimate of drug-likeness (QED) is 0.449. The summed E-state index contributed by atoms with van der Waals surface area (Å²) in [6.45, 7) is 10.1. The number of rotatable bonds is 6. The lowest BCUT2D eigenvalue weighted by molar-refractivity contribution is -0.140. The molecule has 0 aliphatic heterocycles. The summed E-state index contributed by atoms with van der Waals surface area (Å²) in [5, 5.41) is 20.0. The van der Waals surface area contributed by atoms with Crippen LogP contribution < -0.4 is 5.32 Å². The van der Waals surface area contributed by atoms with Crippen LogP contribution in [0.25, 0.3) is 0 Å². The van der Waals surface area contributed by atoms with Gasteiger partial charge in [-0.2, -0.15) is 13.2 Å². The van der Waals surface area contributed by atoms with Crippen LogP contribution in [0.3, 0.4) is 0 Å². The lowest BCUT2D eigenvalue weighted by Gasteiger charge is -2.36. The minimum atomic E-state index is -4.67. The van der Waals surface area contributed by atoms with Crippen molar-refractivity contribution in [3.8, 4) is 5.88 Å². The molecule has 2 aromatic rings. The molecule has 0 amide bonds. The molecule has 0 spiro atoms. The largest absolute Gasteiger partial charge is 0.492 e. The van der Waals surface area contributed by atoms with Crippen LogP contribution in [-0.4, -0.2) is 34.6 Å². The summed E-state index contributed by atoms with van der Waals surface area (Å²) in [7, 11) is -2.16. The van der Waals surface area contributed by atoms with E-state index in [-0.39, 0.29) is 34.5 Å². The second kappa shape index (κ2) is 8.07. The molecule has 2 aromatic heterocycles. The molecule has 3 N–H and O–H groups in total. The van der Waals surface area contributed by atoms with Crippen molar-refractivity contribution in [3.05, 3.63) is 35.4 Å². The van der Waals surface area contributed by atoms with Crippen LogP contribution in [0.1, 0.15) is 37.9 Å². The molecule has 0 saturated carbocycles. The van der Waals surface area contributed by atoms with Gasteiger partial charge in [-0.1, -0.05) is 20.8 Å². The predicted octanol–water partition coefficient (Wildman–Crippen LogP) is 4.86. The fourth-order valence-corrected chi connectivity index (χ4v) is 3.02. The molecule has 0 radical (unpaired) electrons. The fraction of sp³-hybridized carbons (Fsp3) is 0.444. The zero-order chi connectivity index (χ0) is 22.0. The van der Waals surface area contributed by atoms with E-state index in [0.717, 1.165) is 12.4 Å². The van der Waals surface area contributed by atoms with Crippen molar-refractivity contribution in [2.75, 3.05) is 5.32 Å². The Morgan fingerprint density at radius 3 is 2.45 bits per heavy atom. The van der Waals surface area contributed by atoms with Crippen LogP contribution in [0.4, 0.5) is 24.7 Å². The number of alkyl halides is 3. The van der Waals surface area contributed by atoms with Crippen molar-refractivity contribution in [1.29, 1.82) is 5.41 Å². The minimum absolute atomic E-state index is 0.0541. The second-order valence-electron chi connectivity index (χ2n) is 7.94. The molecule has 29 heavy (non-hydrogen) atoms. The highest BCUT2D eigenvalue weighted by atomic mass is 28.4. The Morgan fingerprint density at radius 2 is 1.90 bits per heavy atom. The van der Waals surface area contributed by atoms with Gasteiger partial charge in [-0.3, -0.25) is 0 Å². The van der Waals surface area contributed by atoms with Crippen molar-refractivity contribution in [2.24, 2.45) is 0 Å². The Labute approximate surface area is 168 Å². The highest BCUT2D eigenvalue weighted by Gasteiger charge is 2.38. The highest BCUT2D eigenvalue weighted by molar-refractivity contribution is 6.74. The van der Waals surface area contributed by atoms with Gasteiger partial charge in [0.25, 0.3) is 0 Å². The molecule has 11 heteroatoms. The minimum Gasteiger partial charge on any atom is -0.492 e. The zero-order valence-electron chi connectivity index (χ0n) is 16.8. The van der Waals surface area contributed by atoms with E-state index >= 15 is 0 Å². The number of pyridine rings is 1. The lowest BCUT2D eigenvalue weighted by atomic mass is 10.2. The molecular weight excluding hydrogens is 403 g/mol. The maximum Gasteiger partial charge on any atom is 0.435 e. The van der Waals surface area contributed by atoms with Crippen molar-refractivity contribution < 1.29 is 22.7 Å². The zero-order valence-corrected chi connectivity index (χ0v) is 17.8. The van der Waals surface area contributed by atoms with Gasteiger partial charge in [0.1, 0.15) is 11.4 Å². The van der Waals surface area contributed by atoms with Crippen LogP contribution in [0, 0.1) is 5.41 Å². The van der Waals surface area contributed by atoms with Crippen LogP contribution in [0.2, 0.25) is 18.1 Å². The third-order valence-electron chi connectivity index (χ3n) is 4.82. The molecule has 0 bridgehead atoms. The molecule has 0 aromatic carbocycles. The molecule has 158 valence electrons. The Balaban J connectivity index is 2.39. The third-order valence-corrected chi connectivity index (χ3v) is 9.29. The van der Waals surface area contributed by atoms with E-state index in [1.165, 1.54) is 12.1 Å². The van der Waals surface area contributed by atoms with E-state index < -0.39 is 26.1 Å². The number of aromatic nitrogens is 3. The average molecular weight is 428 g/mol. The van der Waals surface area contributed by atoms with Crippen LogP contribution >= 0.6 is 0 Å². The molecule has 0 aliphatic rings. The monoisotopic (exact) mass is 427 g/mol. The molecule has 2 rings (SSSR count). The summed E-state index contributed by atoms with van der Waals surface area (Å²) >= 11 is 0. The van der Waals surface area contributed by atoms with Crippen molar-refractivity contribution in [2.45, 2.75) is 51.7 Å². The number of hydrogen-bond acceptors (Lipinski definition) is 7. The number of anilines is 2. The van der Waals surface area contributed by atoms with Gasteiger partial charge in [0.2, 0.25) is 5.88 Å². The first kappa shape index (κ1) is 22.8. The molecule has 2 heterocycles. The Morgan fingerprint density at radius 1 is 1.24 bits per heavy atom. The number of nitrogens with zero attached hydrogens (tertiary/aromatic N) is 3. The summed E-state index contributed by atoms with van der Waals surface area (Å²) in [4.78, 5) is 11.4. The number of hydrogen-bond donors (Lipinski definition) is 3. The van der Waals surface area contributed by atoms with Crippen molar-refractivity contribution in [3.63, 3.8) is 0 Å². The first-order valence-electron chi connectivity index (χ1n) is 8.80. The molecule has 0 unspecified atom stereocenters. The van der Waals surface area contributed by atoms with Crippen molar-refractivity contribution in [1.82, 2.24) is 15.0 Å². The normalized spacial score (nSPS) is 12.7. The second-order valence-corrected chi connectivity index (χ2v) is 12.8. The SMILES string of the molecule is CC(C)(C)[Si](C)(C)OCc1nc(Nc2cccnc2C(F)(F)F)c(C=N)nc1O. The van der Waals surface area contributed by atoms with Crippen LogP contribution in [0.15, 0.2) is 18.3 Å². The molecule has 0 aliphatic carbocycles. The summed E-state index contributed by atoms with van der Waals surface area (Å²) in [5.41, 5.74) is -1.50. The van der Waals surface area contributed by atoms with E-state index in [9.17, 15) is 18.3 Å². The number of halogens is 3. The average Bonchev–Trinajstić information content (AvgIpc) is 2.60. The van der Waals surface area contributed by atoms with Gasteiger partial charge in [0.05, 0.1) is 12.3 Å². The lowest BCUT2D eigenvalue weighted by Crippen LogP contribution is -2.40. The highest BCUT2D eigenvalue weighted by Crippen LogP contribution is 2.38. The Kier molecular flexibility index (Phi) is 6.33. The molecule has 0 saturated heterocycles. The van der Waals surface area contributed by atoms with Gasteiger partial charge in [-0.05, 0) is 30.3 Å². The van der Waals surface area contributed by atoms with Gasteiger partial charge >= 0.3 is 6.18 Å². The standard InChI is InChI=1S/C18H24F3N5O2Si/c1-17(2,3)29(4,5)28-10-13-16(27)26-12(9-22)15(25-13)24-11-7-6-8-23-14(11)18(19,20)21/h6-9,22H,10H2,1-5H3,(H,24,25)(H,26,27). The fourth-order valence-electron chi connectivity index (χ4n) is 2.09. The molecule has 0 atom stereocenters. The Bertz CT molecular complexity index is 898. The van der Waals surface area contributed by atoms with E-state index in [1.807, 2.05) is 13.1 Å². The summed E-state index contributed by atoms with van der Waals surface area (Å²) < 4.78 is 45.6. The predicted molar refractivity (Wildman–Crippen MR) is 106 cm³/mol. The van der Waals surface area contributed by atoms with Crippen LogP contribution in [-0.2, 0) is 17.2 Å².